The Morgan fingerprint density at radius 3 is 2.79 bits per heavy atom. The van der Waals surface area contributed by atoms with Crippen LogP contribution in [0.15, 0.2) is 53.4 Å². The van der Waals surface area contributed by atoms with E-state index in [0.717, 1.165) is 17.7 Å². The maximum absolute atomic E-state index is 12.9. The molecule has 0 saturated carbocycles. The average molecular weight is 393 g/mol. The molecule has 0 radical (unpaired) electrons. The summed E-state index contributed by atoms with van der Waals surface area (Å²) in [6, 6.07) is 8.67. The molecule has 0 unspecified atom stereocenters. The van der Waals surface area contributed by atoms with E-state index in [9.17, 15) is 9.59 Å². The first-order chi connectivity index (χ1) is 14.0. The zero-order chi connectivity index (χ0) is 20.4. The Kier molecular flexibility index (Phi) is 5.18. The lowest BCUT2D eigenvalue weighted by molar-refractivity contribution is -0.119. The number of carbonyl (C=O) groups excluding carboxylic acids is 2. The molecule has 0 aliphatic carbocycles. The Morgan fingerprint density at radius 2 is 2.10 bits per heavy atom. The van der Waals surface area contributed by atoms with Crippen LogP contribution in [-0.2, 0) is 11.8 Å². The van der Waals surface area contributed by atoms with E-state index in [4.69, 9.17) is 4.42 Å². The Morgan fingerprint density at radius 1 is 1.24 bits per heavy atom. The second-order valence-electron chi connectivity index (χ2n) is 7.27. The molecule has 8 heteroatoms. The highest BCUT2D eigenvalue weighted by molar-refractivity contribution is 6.03. The predicted octanol–water partition coefficient (Wildman–Crippen LogP) is 2.52. The number of nitrogens with one attached hydrogen (secondary N) is 3. The van der Waals surface area contributed by atoms with Crippen molar-refractivity contribution >= 4 is 23.2 Å². The lowest BCUT2D eigenvalue weighted by Gasteiger charge is -2.17. The monoisotopic (exact) mass is 393 g/mol. The fourth-order valence-electron chi connectivity index (χ4n) is 3.64. The first-order valence-corrected chi connectivity index (χ1v) is 9.47. The lowest BCUT2D eigenvalue weighted by Crippen LogP contribution is -2.28. The molecule has 0 bridgehead atoms. The van der Waals surface area contributed by atoms with Gasteiger partial charge in [0.1, 0.15) is 0 Å². The van der Waals surface area contributed by atoms with E-state index < -0.39 is 0 Å². The highest BCUT2D eigenvalue weighted by atomic mass is 16.3. The van der Waals surface area contributed by atoms with Crippen LogP contribution in [0.25, 0.3) is 0 Å². The van der Waals surface area contributed by atoms with Gasteiger partial charge in [-0.2, -0.15) is 5.10 Å². The number of rotatable bonds is 5. The molecule has 150 valence electrons. The zero-order valence-corrected chi connectivity index (χ0v) is 16.3. The van der Waals surface area contributed by atoms with E-state index in [2.05, 4.69) is 21.0 Å². The third-order valence-electron chi connectivity index (χ3n) is 5.19. The van der Waals surface area contributed by atoms with Crippen molar-refractivity contribution in [1.82, 2.24) is 15.1 Å². The number of hydrogen-bond donors (Lipinski definition) is 3. The molecule has 2 amide bonds. The number of aromatic nitrogens is 2. The molecule has 3 heterocycles. The van der Waals surface area contributed by atoms with Crippen molar-refractivity contribution in [3.63, 3.8) is 0 Å². The number of aryl methyl sites for hydroxylation is 2. The van der Waals surface area contributed by atoms with Crippen LogP contribution in [0.4, 0.5) is 11.4 Å². The summed E-state index contributed by atoms with van der Waals surface area (Å²) in [5.74, 6) is -0.173. The Bertz CT molecular complexity index is 1020. The summed E-state index contributed by atoms with van der Waals surface area (Å²) in [4.78, 5) is 25.0. The molecule has 0 spiro atoms. The first kappa shape index (κ1) is 18.9. The highest BCUT2D eigenvalue weighted by Gasteiger charge is 2.34. The highest BCUT2D eigenvalue weighted by Crippen LogP contribution is 2.29. The molecule has 2 aromatic heterocycles. The van der Waals surface area contributed by atoms with Crippen LogP contribution >= 0.6 is 0 Å². The van der Waals surface area contributed by atoms with Gasteiger partial charge in [0.2, 0.25) is 5.91 Å². The van der Waals surface area contributed by atoms with Gasteiger partial charge in [0.15, 0.2) is 5.76 Å². The maximum atomic E-state index is 12.9. The normalized spacial score (nSPS) is 18.6. The van der Waals surface area contributed by atoms with E-state index in [1.54, 1.807) is 28.9 Å². The molecule has 1 aliphatic rings. The number of carbonyl (C=O) groups is 2. The van der Waals surface area contributed by atoms with Gasteiger partial charge in [0.05, 0.1) is 18.4 Å². The minimum absolute atomic E-state index is 0.0318. The van der Waals surface area contributed by atoms with Gasteiger partial charge in [-0.3, -0.25) is 14.3 Å². The molecule has 3 N–H and O–H groups in total. The second-order valence-corrected chi connectivity index (χ2v) is 7.27. The van der Waals surface area contributed by atoms with Crippen molar-refractivity contribution in [3.05, 3.63) is 65.9 Å². The molecule has 2 atom stereocenters. The molecule has 3 aromatic rings. The minimum Gasteiger partial charge on any atom is -0.459 e. The third kappa shape index (κ3) is 4.07. The Hall–Kier alpha value is -3.39. The summed E-state index contributed by atoms with van der Waals surface area (Å²) < 4.78 is 6.86. The summed E-state index contributed by atoms with van der Waals surface area (Å²) in [6.07, 6.45) is 5.23. The van der Waals surface area contributed by atoms with Crippen LogP contribution < -0.4 is 16.0 Å². The summed E-state index contributed by atoms with van der Waals surface area (Å²) in [6.45, 7) is 3.26. The zero-order valence-electron chi connectivity index (χ0n) is 16.3. The van der Waals surface area contributed by atoms with Gasteiger partial charge >= 0.3 is 0 Å². The van der Waals surface area contributed by atoms with Crippen molar-refractivity contribution in [2.45, 2.75) is 12.8 Å². The topological polar surface area (TPSA) is 101 Å². The molecular formula is C21H23N5O3. The molecule has 8 nitrogen and oxygen atoms in total. The molecule has 1 saturated heterocycles. The smallest absolute Gasteiger partial charge is 0.291 e. The molecule has 1 aromatic carbocycles. The fourth-order valence-corrected chi connectivity index (χ4v) is 3.64. The van der Waals surface area contributed by atoms with E-state index in [1.807, 2.05) is 32.4 Å². The van der Waals surface area contributed by atoms with Crippen molar-refractivity contribution in [2.24, 2.45) is 13.0 Å². The first-order valence-electron chi connectivity index (χ1n) is 9.47. The number of amides is 2. The van der Waals surface area contributed by atoms with Crippen LogP contribution in [0.3, 0.4) is 0 Å². The van der Waals surface area contributed by atoms with Crippen molar-refractivity contribution < 1.29 is 14.0 Å². The quantitative estimate of drug-likeness (QED) is 0.618. The SMILES string of the molecule is Cc1cc(NC(=O)[C@H]2CNC[C@@H]2c2cnn(C)c2)ccc1NC(=O)c1ccco1. The molecule has 4 rings (SSSR count). The van der Waals surface area contributed by atoms with Crippen molar-refractivity contribution in [3.8, 4) is 0 Å². The summed E-state index contributed by atoms with van der Waals surface area (Å²) >= 11 is 0. The average Bonchev–Trinajstić information content (AvgIpc) is 3.44. The van der Waals surface area contributed by atoms with Crippen LogP contribution in [-0.4, -0.2) is 34.7 Å². The van der Waals surface area contributed by atoms with Gasteiger partial charge in [0, 0.05) is 43.6 Å². The predicted molar refractivity (Wildman–Crippen MR) is 109 cm³/mol. The van der Waals surface area contributed by atoms with E-state index >= 15 is 0 Å². The molecule has 1 fully saturated rings. The summed E-state index contributed by atoms with van der Waals surface area (Å²) in [5.41, 5.74) is 3.27. The van der Waals surface area contributed by atoms with Gasteiger partial charge in [-0.1, -0.05) is 0 Å². The summed E-state index contributed by atoms with van der Waals surface area (Å²) in [5, 5.41) is 13.3. The largest absolute Gasteiger partial charge is 0.459 e. The number of anilines is 2. The number of hydrogen-bond acceptors (Lipinski definition) is 5. The van der Waals surface area contributed by atoms with Crippen LogP contribution in [0.5, 0.6) is 0 Å². The van der Waals surface area contributed by atoms with E-state index in [0.29, 0.717) is 17.9 Å². The Labute approximate surface area is 168 Å². The van der Waals surface area contributed by atoms with Gasteiger partial charge in [-0.05, 0) is 48.4 Å². The Balaban J connectivity index is 1.43. The lowest BCUT2D eigenvalue weighted by atomic mass is 9.90. The second kappa shape index (κ2) is 7.92. The maximum Gasteiger partial charge on any atom is 0.291 e. The third-order valence-corrected chi connectivity index (χ3v) is 5.19. The van der Waals surface area contributed by atoms with Gasteiger partial charge in [-0.25, -0.2) is 0 Å². The molecule has 1 aliphatic heterocycles. The van der Waals surface area contributed by atoms with Gasteiger partial charge in [0.25, 0.3) is 5.91 Å². The number of benzene rings is 1. The standard InChI is InChI=1S/C21H23N5O3/c1-13-8-15(5-6-18(13)25-21(28)19-4-3-7-29-19)24-20(27)17-11-22-10-16(17)14-9-23-26(2)12-14/h3-9,12,16-17,22H,10-11H2,1-2H3,(H,24,27)(H,25,28)/t16-,17+/m1/s1. The van der Waals surface area contributed by atoms with Crippen LogP contribution in [0, 0.1) is 12.8 Å². The van der Waals surface area contributed by atoms with Crippen molar-refractivity contribution in [1.29, 1.82) is 0 Å². The molecule has 29 heavy (non-hydrogen) atoms. The van der Waals surface area contributed by atoms with Gasteiger partial charge in [-0.15, -0.1) is 0 Å². The van der Waals surface area contributed by atoms with Crippen molar-refractivity contribution in [2.75, 3.05) is 23.7 Å². The van der Waals surface area contributed by atoms with Gasteiger partial charge < -0.3 is 20.4 Å². The number of nitrogens with zero attached hydrogens (tertiary/aromatic N) is 2. The summed E-state index contributed by atoms with van der Waals surface area (Å²) in [7, 11) is 1.87. The molecular weight excluding hydrogens is 370 g/mol. The fraction of sp³-hybridized carbons (Fsp3) is 0.286. The van der Waals surface area contributed by atoms with Crippen LogP contribution in [0.2, 0.25) is 0 Å². The van der Waals surface area contributed by atoms with E-state index in [1.165, 1.54) is 6.26 Å². The minimum atomic E-state index is -0.314. The van der Waals surface area contributed by atoms with Crippen LogP contribution in [0.1, 0.15) is 27.6 Å². The number of furan rings is 1. The van der Waals surface area contributed by atoms with E-state index in [-0.39, 0.29) is 29.4 Å².